The number of pyridine rings is 3. The predicted molar refractivity (Wildman–Crippen MR) is 99.7 cm³/mol. The third-order valence-corrected chi connectivity index (χ3v) is 4.43. The predicted octanol–water partition coefficient (Wildman–Crippen LogP) is 4.21. The molecule has 0 aliphatic rings. The molecule has 124 valence electrons. The van der Waals surface area contributed by atoms with Gasteiger partial charge >= 0.3 is 0 Å². The summed E-state index contributed by atoms with van der Waals surface area (Å²) >= 11 is 6.13. The van der Waals surface area contributed by atoms with Crippen molar-refractivity contribution in [3.05, 3.63) is 83.0 Å². The number of halogens is 1. The molecular weight excluding hydrogens is 334 g/mol. The highest BCUT2D eigenvalue weighted by Crippen LogP contribution is 2.20. The Labute approximate surface area is 150 Å². The minimum atomic E-state index is 0.590. The number of nitrogens with zero attached hydrogens (tertiary/aromatic N) is 3. The van der Waals surface area contributed by atoms with Crippen LogP contribution in [0, 0.1) is 0 Å². The Balaban J connectivity index is 1.44. The third kappa shape index (κ3) is 3.46. The molecule has 6 heteroatoms. The molecule has 0 aromatic carbocycles. The monoisotopic (exact) mass is 349 g/mol. The summed E-state index contributed by atoms with van der Waals surface area (Å²) in [5.74, 6) is 0.810. The minimum Gasteiger partial charge on any atom is -0.366 e. The van der Waals surface area contributed by atoms with Crippen LogP contribution in [0.2, 0.25) is 5.02 Å². The number of fused-ring (bicyclic) bond motifs is 1. The maximum Gasteiger partial charge on any atom is 0.137 e. The number of hydrogen-bond donors (Lipinski definition) is 2. The first kappa shape index (κ1) is 15.6. The van der Waals surface area contributed by atoms with Gasteiger partial charge < -0.3 is 10.3 Å². The van der Waals surface area contributed by atoms with E-state index in [0.29, 0.717) is 11.6 Å². The number of aromatic amines is 1. The van der Waals surface area contributed by atoms with E-state index in [4.69, 9.17) is 11.6 Å². The van der Waals surface area contributed by atoms with Gasteiger partial charge in [0.15, 0.2) is 0 Å². The lowest BCUT2D eigenvalue weighted by atomic mass is 10.1. The Morgan fingerprint density at radius 3 is 2.80 bits per heavy atom. The van der Waals surface area contributed by atoms with Crippen LogP contribution in [-0.2, 0) is 13.0 Å². The second-order valence-corrected chi connectivity index (χ2v) is 6.17. The highest BCUT2D eigenvalue weighted by atomic mass is 35.5. The van der Waals surface area contributed by atoms with Crippen LogP contribution in [0.4, 0.5) is 5.82 Å². The molecule has 4 rings (SSSR count). The van der Waals surface area contributed by atoms with Crippen molar-refractivity contribution in [2.24, 2.45) is 0 Å². The summed E-state index contributed by atoms with van der Waals surface area (Å²) < 4.78 is 0. The lowest BCUT2D eigenvalue weighted by Gasteiger charge is -2.07. The minimum absolute atomic E-state index is 0.590. The third-order valence-electron chi connectivity index (χ3n) is 4.06. The maximum absolute atomic E-state index is 6.13. The molecule has 5 nitrogen and oxygen atoms in total. The van der Waals surface area contributed by atoms with Gasteiger partial charge in [0.25, 0.3) is 0 Å². The molecule has 4 aromatic heterocycles. The molecule has 0 saturated carbocycles. The molecule has 4 heterocycles. The van der Waals surface area contributed by atoms with Gasteiger partial charge in [-0.3, -0.25) is 4.98 Å². The first-order valence-electron chi connectivity index (χ1n) is 7.98. The molecule has 0 aliphatic carbocycles. The van der Waals surface area contributed by atoms with Gasteiger partial charge in [-0.05, 0) is 35.4 Å². The van der Waals surface area contributed by atoms with Crippen LogP contribution in [0.1, 0.15) is 16.7 Å². The number of aromatic nitrogens is 4. The molecule has 0 unspecified atom stereocenters. The normalized spacial score (nSPS) is 10.9. The van der Waals surface area contributed by atoms with E-state index in [1.54, 1.807) is 24.7 Å². The van der Waals surface area contributed by atoms with Crippen LogP contribution in [0.25, 0.3) is 11.0 Å². The van der Waals surface area contributed by atoms with Crippen molar-refractivity contribution >= 4 is 28.5 Å². The zero-order valence-corrected chi connectivity index (χ0v) is 14.2. The number of anilines is 1. The first-order chi connectivity index (χ1) is 12.3. The first-order valence-corrected chi connectivity index (χ1v) is 8.35. The quantitative estimate of drug-likeness (QED) is 0.566. The van der Waals surface area contributed by atoms with Crippen LogP contribution >= 0.6 is 11.6 Å². The van der Waals surface area contributed by atoms with Gasteiger partial charge in [-0.15, -0.1) is 0 Å². The van der Waals surface area contributed by atoms with Crippen molar-refractivity contribution in [1.82, 2.24) is 19.9 Å². The summed E-state index contributed by atoms with van der Waals surface area (Å²) in [6.07, 6.45) is 9.94. The largest absolute Gasteiger partial charge is 0.366 e. The van der Waals surface area contributed by atoms with E-state index in [1.807, 2.05) is 24.5 Å². The standard InChI is InChI=1S/C19H16ClN5/c20-17-5-7-21-10-15(17)12-24-18-4-3-13(9-23-18)8-14-11-25-19-16(14)2-1-6-22-19/h1-7,9-11H,8,12H2,(H,22,25)(H,23,24). The molecule has 0 fully saturated rings. The van der Waals surface area contributed by atoms with Crippen LogP contribution < -0.4 is 5.32 Å². The van der Waals surface area contributed by atoms with E-state index < -0.39 is 0 Å². The molecular formula is C19H16ClN5. The van der Waals surface area contributed by atoms with Gasteiger partial charge in [0.2, 0.25) is 0 Å². The van der Waals surface area contributed by atoms with Crippen LogP contribution in [0.15, 0.2) is 61.3 Å². The Morgan fingerprint density at radius 1 is 1.00 bits per heavy atom. The lowest BCUT2D eigenvalue weighted by Crippen LogP contribution is -2.02. The fourth-order valence-electron chi connectivity index (χ4n) is 2.74. The average molecular weight is 350 g/mol. The van der Waals surface area contributed by atoms with Gasteiger partial charge in [0, 0.05) is 59.9 Å². The van der Waals surface area contributed by atoms with Crippen LogP contribution in [-0.4, -0.2) is 19.9 Å². The van der Waals surface area contributed by atoms with Crippen molar-refractivity contribution in [3.63, 3.8) is 0 Å². The highest BCUT2D eigenvalue weighted by Gasteiger charge is 2.06. The Morgan fingerprint density at radius 2 is 1.96 bits per heavy atom. The summed E-state index contributed by atoms with van der Waals surface area (Å²) in [7, 11) is 0. The van der Waals surface area contributed by atoms with Gasteiger partial charge in [0.1, 0.15) is 11.5 Å². The van der Waals surface area contributed by atoms with E-state index in [2.05, 4.69) is 37.4 Å². The van der Waals surface area contributed by atoms with Crippen molar-refractivity contribution in [3.8, 4) is 0 Å². The molecule has 0 atom stereocenters. The number of rotatable bonds is 5. The molecule has 0 aliphatic heterocycles. The smallest absolute Gasteiger partial charge is 0.137 e. The highest BCUT2D eigenvalue weighted by molar-refractivity contribution is 6.31. The van der Waals surface area contributed by atoms with Crippen LogP contribution in [0.3, 0.4) is 0 Å². The topological polar surface area (TPSA) is 66.5 Å². The molecule has 0 radical (unpaired) electrons. The fourth-order valence-corrected chi connectivity index (χ4v) is 2.91. The Hall–Kier alpha value is -2.92. The summed E-state index contributed by atoms with van der Waals surface area (Å²) in [5, 5.41) is 5.12. The average Bonchev–Trinajstić information content (AvgIpc) is 3.05. The maximum atomic E-state index is 6.13. The fraction of sp³-hybridized carbons (Fsp3) is 0.105. The molecule has 0 bridgehead atoms. The van der Waals surface area contributed by atoms with E-state index in [-0.39, 0.29) is 0 Å². The van der Waals surface area contributed by atoms with E-state index in [0.717, 1.165) is 34.4 Å². The molecule has 0 amide bonds. The van der Waals surface area contributed by atoms with Crippen molar-refractivity contribution in [1.29, 1.82) is 0 Å². The zero-order valence-electron chi connectivity index (χ0n) is 13.4. The van der Waals surface area contributed by atoms with E-state index in [9.17, 15) is 0 Å². The lowest BCUT2D eigenvalue weighted by molar-refractivity contribution is 1.07. The van der Waals surface area contributed by atoms with Crippen molar-refractivity contribution < 1.29 is 0 Å². The van der Waals surface area contributed by atoms with E-state index >= 15 is 0 Å². The second-order valence-electron chi connectivity index (χ2n) is 5.76. The summed E-state index contributed by atoms with van der Waals surface area (Å²) in [6.45, 7) is 0.590. The van der Waals surface area contributed by atoms with Gasteiger partial charge in [0.05, 0.1) is 0 Å². The zero-order chi connectivity index (χ0) is 17.1. The summed E-state index contributed by atoms with van der Waals surface area (Å²) in [4.78, 5) is 16.1. The van der Waals surface area contributed by atoms with Gasteiger partial charge in [-0.1, -0.05) is 17.7 Å². The summed E-state index contributed by atoms with van der Waals surface area (Å²) in [5.41, 5.74) is 4.22. The number of nitrogens with one attached hydrogen (secondary N) is 2. The SMILES string of the molecule is Clc1ccncc1CNc1ccc(Cc2c[nH]c3ncccc23)cn1. The molecule has 2 N–H and O–H groups in total. The Bertz CT molecular complexity index is 994. The summed E-state index contributed by atoms with van der Waals surface area (Å²) in [6, 6.07) is 9.87. The van der Waals surface area contributed by atoms with Gasteiger partial charge in [-0.25, -0.2) is 9.97 Å². The molecule has 25 heavy (non-hydrogen) atoms. The van der Waals surface area contributed by atoms with Crippen molar-refractivity contribution in [2.45, 2.75) is 13.0 Å². The molecule has 0 saturated heterocycles. The molecule has 4 aromatic rings. The van der Waals surface area contributed by atoms with Crippen molar-refractivity contribution in [2.75, 3.05) is 5.32 Å². The number of H-pyrrole nitrogens is 1. The van der Waals surface area contributed by atoms with E-state index in [1.165, 1.54) is 5.56 Å². The number of hydrogen-bond acceptors (Lipinski definition) is 4. The van der Waals surface area contributed by atoms with Gasteiger partial charge in [-0.2, -0.15) is 0 Å². The Kier molecular flexibility index (Phi) is 4.31. The van der Waals surface area contributed by atoms with Crippen LogP contribution in [0.5, 0.6) is 0 Å². The second kappa shape index (κ2) is 6.91. The molecule has 0 spiro atoms.